The Morgan fingerprint density at radius 1 is 1.50 bits per heavy atom. The smallest absolute Gasteiger partial charge is 0.248 e. The fraction of sp³-hybridized carbons (Fsp3) is 0.364. The van der Waals surface area contributed by atoms with Crippen LogP contribution in [0.15, 0.2) is 18.2 Å². The van der Waals surface area contributed by atoms with Gasteiger partial charge in [0.05, 0.1) is 6.61 Å². The van der Waals surface area contributed by atoms with Crippen molar-refractivity contribution >= 4 is 5.91 Å². The molecule has 0 atom stereocenters. The molecule has 0 aliphatic heterocycles. The number of methoxy groups -OCH3 is 1. The third-order valence-corrected chi connectivity index (χ3v) is 2.10. The third-order valence-electron chi connectivity index (χ3n) is 2.10. The summed E-state index contributed by atoms with van der Waals surface area (Å²) in [5.41, 5.74) is 7.93. The maximum absolute atomic E-state index is 11.1. The van der Waals surface area contributed by atoms with Crippen LogP contribution < -0.4 is 5.73 Å². The number of hydrogen-bond donors (Lipinski definition) is 1. The lowest BCUT2D eigenvalue weighted by Gasteiger charge is -2.07. The lowest BCUT2D eigenvalue weighted by atomic mass is 10.0. The van der Waals surface area contributed by atoms with Crippen molar-refractivity contribution in [3.05, 3.63) is 34.9 Å². The van der Waals surface area contributed by atoms with E-state index in [1.54, 1.807) is 13.2 Å². The van der Waals surface area contributed by atoms with Gasteiger partial charge in [0.2, 0.25) is 5.91 Å². The van der Waals surface area contributed by atoms with Gasteiger partial charge in [-0.2, -0.15) is 0 Å². The normalized spacial score (nSPS) is 10.1. The minimum Gasteiger partial charge on any atom is -0.384 e. The molecular weight excluding hydrogens is 178 g/mol. The Morgan fingerprint density at radius 3 is 2.79 bits per heavy atom. The number of benzene rings is 1. The molecule has 0 fully saturated rings. The zero-order valence-electron chi connectivity index (χ0n) is 8.54. The average Bonchev–Trinajstić information content (AvgIpc) is 2.14. The molecule has 3 heteroatoms. The molecule has 0 aliphatic carbocycles. The van der Waals surface area contributed by atoms with Gasteiger partial charge < -0.3 is 10.5 Å². The maximum Gasteiger partial charge on any atom is 0.248 e. The molecule has 76 valence electrons. The van der Waals surface area contributed by atoms with Gasteiger partial charge in [0.1, 0.15) is 0 Å². The summed E-state index contributed by atoms with van der Waals surface area (Å²) >= 11 is 0. The molecule has 1 rings (SSSR count). The third kappa shape index (κ3) is 2.57. The van der Waals surface area contributed by atoms with Crippen molar-refractivity contribution < 1.29 is 9.53 Å². The average molecular weight is 193 g/mol. The van der Waals surface area contributed by atoms with Gasteiger partial charge in [-0.25, -0.2) is 0 Å². The first-order valence-electron chi connectivity index (χ1n) is 4.53. The van der Waals surface area contributed by atoms with Crippen LogP contribution in [0.4, 0.5) is 0 Å². The van der Waals surface area contributed by atoms with Crippen molar-refractivity contribution in [2.75, 3.05) is 13.7 Å². The molecule has 0 spiro atoms. The van der Waals surface area contributed by atoms with Crippen LogP contribution in [0.1, 0.15) is 21.5 Å². The van der Waals surface area contributed by atoms with E-state index < -0.39 is 0 Å². The largest absolute Gasteiger partial charge is 0.384 e. The summed E-state index contributed by atoms with van der Waals surface area (Å²) in [5, 5.41) is 0. The van der Waals surface area contributed by atoms with E-state index in [-0.39, 0.29) is 5.91 Å². The molecule has 14 heavy (non-hydrogen) atoms. The lowest BCUT2D eigenvalue weighted by Crippen LogP contribution is -2.14. The molecule has 0 aromatic heterocycles. The van der Waals surface area contributed by atoms with Crippen LogP contribution in [0.3, 0.4) is 0 Å². The Morgan fingerprint density at radius 2 is 2.21 bits per heavy atom. The molecule has 3 nitrogen and oxygen atoms in total. The van der Waals surface area contributed by atoms with E-state index in [2.05, 4.69) is 0 Å². The number of primary amides is 1. The molecule has 0 bridgehead atoms. The molecule has 2 N–H and O–H groups in total. The monoisotopic (exact) mass is 193 g/mol. The fourth-order valence-corrected chi connectivity index (χ4v) is 1.38. The van der Waals surface area contributed by atoms with Crippen LogP contribution in [0.5, 0.6) is 0 Å². The Bertz CT molecular complexity index is 334. The molecule has 1 amide bonds. The van der Waals surface area contributed by atoms with Crippen LogP contribution in [0.25, 0.3) is 0 Å². The van der Waals surface area contributed by atoms with Crippen LogP contribution in [-0.4, -0.2) is 19.6 Å². The van der Waals surface area contributed by atoms with E-state index in [9.17, 15) is 4.79 Å². The predicted molar refractivity (Wildman–Crippen MR) is 55.3 cm³/mol. The van der Waals surface area contributed by atoms with Crippen LogP contribution in [-0.2, 0) is 11.2 Å². The van der Waals surface area contributed by atoms with Gasteiger partial charge in [0, 0.05) is 12.7 Å². The van der Waals surface area contributed by atoms with E-state index in [0.29, 0.717) is 12.2 Å². The number of rotatable bonds is 4. The predicted octanol–water partition coefficient (Wildman–Crippen LogP) is 1.28. The lowest BCUT2D eigenvalue weighted by molar-refractivity contribution is 0.0999. The number of carbonyl (C=O) groups is 1. The molecule has 1 aromatic rings. The first kappa shape index (κ1) is 10.7. The zero-order valence-corrected chi connectivity index (χ0v) is 8.54. The number of hydrogen-bond acceptors (Lipinski definition) is 2. The van der Waals surface area contributed by atoms with Crippen molar-refractivity contribution in [3.63, 3.8) is 0 Å². The Kier molecular flexibility index (Phi) is 3.65. The standard InChI is InChI=1S/C11H15NO2/c1-8-3-4-10(11(12)13)9(7-8)5-6-14-2/h3-4,7H,5-6H2,1-2H3,(H2,12,13). The summed E-state index contributed by atoms with van der Waals surface area (Å²) in [5.74, 6) is -0.379. The van der Waals surface area contributed by atoms with Crippen molar-refractivity contribution in [2.24, 2.45) is 5.73 Å². The van der Waals surface area contributed by atoms with Crippen molar-refractivity contribution in [1.29, 1.82) is 0 Å². The quantitative estimate of drug-likeness (QED) is 0.783. The minimum absolute atomic E-state index is 0.379. The Hall–Kier alpha value is -1.35. The van der Waals surface area contributed by atoms with Gasteiger partial charge in [0.25, 0.3) is 0 Å². The molecule has 0 saturated carbocycles. The van der Waals surface area contributed by atoms with Crippen molar-refractivity contribution in [3.8, 4) is 0 Å². The van der Waals surface area contributed by atoms with E-state index in [1.807, 2.05) is 19.1 Å². The molecule has 0 heterocycles. The Labute approximate surface area is 83.9 Å². The van der Waals surface area contributed by atoms with Gasteiger partial charge in [-0.1, -0.05) is 17.7 Å². The van der Waals surface area contributed by atoms with Gasteiger partial charge >= 0.3 is 0 Å². The Balaban J connectivity index is 2.97. The number of carbonyl (C=O) groups excluding carboxylic acids is 1. The molecule has 0 unspecified atom stereocenters. The summed E-state index contributed by atoms with van der Waals surface area (Å²) in [6, 6.07) is 5.62. The topological polar surface area (TPSA) is 52.3 Å². The number of amides is 1. The SMILES string of the molecule is COCCc1cc(C)ccc1C(N)=O. The zero-order chi connectivity index (χ0) is 10.6. The van der Waals surface area contributed by atoms with E-state index in [4.69, 9.17) is 10.5 Å². The van der Waals surface area contributed by atoms with Crippen molar-refractivity contribution in [2.45, 2.75) is 13.3 Å². The second-order valence-corrected chi connectivity index (χ2v) is 3.27. The molecule has 0 radical (unpaired) electrons. The highest BCUT2D eigenvalue weighted by molar-refractivity contribution is 5.94. The summed E-state index contributed by atoms with van der Waals surface area (Å²) in [4.78, 5) is 11.1. The number of aryl methyl sites for hydroxylation is 1. The summed E-state index contributed by atoms with van der Waals surface area (Å²) < 4.78 is 4.97. The van der Waals surface area contributed by atoms with Gasteiger partial charge in [-0.3, -0.25) is 4.79 Å². The van der Waals surface area contributed by atoms with Crippen LogP contribution in [0, 0.1) is 6.92 Å². The maximum atomic E-state index is 11.1. The van der Waals surface area contributed by atoms with E-state index in [0.717, 1.165) is 17.5 Å². The number of nitrogens with two attached hydrogens (primary N) is 1. The molecule has 0 saturated heterocycles. The fourth-order valence-electron chi connectivity index (χ4n) is 1.38. The highest BCUT2D eigenvalue weighted by Crippen LogP contribution is 2.12. The second kappa shape index (κ2) is 4.77. The number of ether oxygens (including phenoxy) is 1. The van der Waals surface area contributed by atoms with Crippen LogP contribution >= 0.6 is 0 Å². The summed E-state index contributed by atoms with van der Waals surface area (Å²) in [7, 11) is 1.64. The van der Waals surface area contributed by atoms with Gasteiger partial charge in [0.15, 0.2) is 0 Å². The summed E-state index contributed by atoms with van der Waals surface area (Å²) in [6.07, 6.45) is 0.719. The second-order valence-electron chi connectivity index (χ2n) is 3.27. The molecule has 1 aromatic carbocycles. The van der Waals surface area contributed by atoms with Gasteiger partial charge in [-0.05, 0) is 25.0 Å². The highest BCUT2D eigenvalue weighted by atomic mass is 16.5. The summed E-state index contributed by atoms with van der Waals surface area (Å²) in [6.45, 7) is 2.59. The molecule has 0 aliphatic rings. The van der Waals surface area contributed by atoms with Crippen LogP contribution in [0.2, 0.25) is 0 Å². The highest BCUT2D eigenvalue weighted by Gasteiger charge is 2.07. The molecular formula is C11H15NO2. The van der Waals surface area contributed by atoms with E-state index >= 15 is 0 Å². The van der Waals surface area contributed by atoms with E-state index in [1.165, 1.54) is 0 Å². The minimum atomic E-state index is -0.379. The van der Waals surface area contributed by atoms with Crippen molar-refractivity contribution in [1.82, 2.24) is 0 Å². The van der Waals surface area contributed by atoms with Gasteiger partial charge in [-0.15, -0.1) is 0 Å². The first-order chi connectivity index (χ1) is 6.65. The first-order valence-corrected chi connectivity index (χ1v) is 4.53.